The molecular formula is C14H20BrFN2O2S. The molecule has 1 saturated heterocycles. The first kappa shape index (κ1) is 16.9. The lowest BCUT2D eigenvalue weighted by molar-refractivity contribution is 0.262. The molecule has 1 aromatic carbocycles. The minimum Gasteiger partial charge on any atom is -0.317 e. The third-order valence-electron chi connectivity index (χ3n) is 3.66. The summed E-state index contributed by atoms with van der Waals surface area (Å²) < 4.78 is 41.1. The summed E-state index contributed by atoms with van der Waals surface area (Å²) in [6, 6.07) is 3.97. The van der Waals surface area contributed by atoms with Crippen molar-refractivity contribution in [3.8, 4) is 0 Å². The van der Waals surface area contributed by atoms with Crippen molar-refractivity contribution in [3.05, 3.63) is 28.5 Å². The Morgan fingerprint density at radius 3 is 2.62 bits per heavy atom. The zero-order valence-electron chi connectivity index (χ0n) is 12.0. The van der Waals surface area contributed by atoms with Crippen LogP contribution in [0.5, 0.6) is 0 Å². The van der Waals surface area contributed by atoms with Gasteiger partial charge in [0, 0.05) is 12.6 Å². The highest BCUT2D eigenvalue weighted by molar-refractivity contribution is 9.10. The van der Waals surface area contributed by atoms with Crippen LogP contribution in [0.4, 0.5) is 4.39 Å². The van der Waals surface area contributed by atoms with Gasteiger partial charge in [0.1, 0.15) is 5.82 Å². The van der Waals surface area contributed by atoms with Crippen LogP contribution in [0.1, 0.15) is 26.2 Å². The fourth-order valence-corrected chi connectivity index (χ4v) is 4.62. The lowest BCUT2D eigenvalue weighted by Gasteiger charge is -2.33. The van der Waals surface area contributed by atoms with Gasteiger partial charge in [-0.05, 0) is 66.5 Å². The van der Waals surface area contributed by atoms with Gasteiger partial charge in [0.2, 0.25) is 10.0 Å². The second kappa shape index (κ2) is 7.17. The number of nitrogens with zero attached hydrogens (tertiary/aromatic N) is 1. The SMILES string of the molecule is CCCN(C1CCNCC1)S(=O)(=O)c1ccc(Br)c(F)c1. The highest BCUT2D eigenvalue weighted by Gasteiger charge is 2.32. The van der Waals surface area contributed by atoms with Gasteiger partial charge in [0.05, 0.1) is 9.37 Å². The van der Waals surface area contributed by atoms with Crippen molar-refractivity contribution in [1.29, 1.82) is 0 Å². The Bertz CT molecular complexity index is 589. The van der Waals surface area contributed by atoms with E-state index < -0.39 is 15.8 Å². The number of hydrogen-bond acceptors (Lipinski definition) is 3. The van der Waals surface area contributed by atoms with Crippen LogP contribution in [0.15, 0.2) is 27.6 Å². The standard InChI is InChI=1S/C14H20BrFN2O2S/c1-2-9-18(11-5-7-17-8-6-11)21(19,20)12-3-4-13(15)14(16)10-12/h3-4,10-11,17H,2,5-9H2,1H3. The summed E-state index contributed by atoms with van der Waals surface area (Å²) in [5.41, 5.74) is 0. The highest BCUT2D eigenvalue weighted by atomic mass is 79.9. The van der Waals surface area contributed by atoms with Gasteiger partial charge in [0.15, 0.2) is 0 Å². The fraction of sp³-hybridized carbons (Fsp3) is 0.571. The number of nitrogens with one attached hydrogen (secondary N) is 1. The maximum atomic E-state index is 13.7. The maximum absolute atomic E-state index is 13.7. The van der Waals surface area contributed by atoms with Gasteiger partial charge in [-0.1, -0.05) is 6.92 Å². The molecule has 2 rings (SSSR count). The van der Waals surface area contributed by atoms with E-state index in [1.807, 2.05) is 6.92 Å². The molecule has 1 N–H and O–H groups in total. The summed E-state index contributed by atoms with van der Waals surface area (Å²) in [5.74, 6) is -0.558. The van der Waals surface area contributed by atoms with E-state index in [0.717, 1.165) is 38.4 Å². The Labute approximate surface area is 133 Å². The molecule has 0 bridgehead atoms. The van der Waals surface area contributed by atoms with Crippen molar-refractivity contribution in [3.63, 3.8) is 0 Å². The molecular weight excluding hydrogens is 359 g/mol. The summed E-state index contributed by atoms with van der Waals surface area (Å²) in [4.78, 5) is 0.0233. The van der Waals surface area contributed by atoms with Gasteiger partial charge in [-0.2, -0.15) is 4.31 Å². The third-order valence-corrected chi connectivity index (χ3v) is 6.25. The molecule has 0 amide bonds. The first-order valence-corrected chi connectivity index (χ1v) is 9.37. The topological polar surface area (TPSA) is 49.4 Å². The highest BCUT2D eigenvalue weighted by Crippen LogP contribution is 2.25. The van der Waals surface area contributed by atoms with Crippen LogP contribution in [0, 0.1) is 5.82 Å². The first-order chi connectivity index (χ1) is 9.96. The Morgan fingerprint density at radius 1 is 1.38 bits per heavy atom. The smallest absolute Gasteiger partial charge is 0.243 e. The zero-order valence-corrected chi connectivity index (χ0v) is 14.4. The molecule has 1 aliphatic rings. The summed E-state index contributed by atoms with van der Waals surface area (Å²) in [7, 11) is -3.66. The maximum Gasteiger partial charge on any atom is 0.243 e. The molecule has 0 unspecified atom stereocenters. The summed E-state index contributed by atoms with van der Waals surface area (Å²) in [5, 5.41) is 3.23. The Morgan fingerprint density at radius 2 is 2.05 bits per heavy atom. The number of hydrogen-bond donors (Lipinski definition) is 1. The van der Waals surface area contributed by atoms with E-state index in [0.29, 0.717) is 6.54 Å². The minimum atomic E-state index is -3.66. The molecule has 1 aromatic rings. The van der Waals surface area contributed by atoms with E-state index in [2.05, 4.69) is 21.2 Å². The molecule has 0 saturated carbocycles. The lowest BCUT2D eigenvalue weighted by atomic mass is 10.1. The first-order valence-electron chi connectivity index (χ1n) is 7.14. The molecule has 0 atom stereocenters. The molecule has 7 heteroatoms. The largest absolute Gasteiger partial charge is 0.317 e. The normalized spacial score (nSPS) is 17.3. The van der Waals surface area contributed by atoms with Crippen molar-refractivity contribution in [2.45, 2.75) is 37.1 Å². The van der Waals surface area contributed by atoms with Gasteiger partial charge in [-0.25, -0.2) is 12.8 Å². The average Bonchev–Trinajstić information content (AvgIpc) is 2.48. The van der Waals surface area contributed by atoms with E-state index in [9.17, 15) is 12.8 Å². The zero-order chi connectivity index (χ0) is 15.5. The van der Waals surface area contributed by atoms with Crippen molar-refractivity contribution in [2.75, 3.05) is 19.6 Å². The predicted octanol–water partition coefficient (Wildman–Crippen LogP) is 2.74. The third kappa shape index (κ3) is 3.83. The minimum absolute atomic E-state index is 0.0112. The van der Waals surface area contributed by atoms with Gasteiger partial charge in [-0.15, -0.1) is 0 Å². The summed E-state index contributed by atoms with van der Waals surface area (Å²) in [6.07, 6.45) is 2.32. The molecule has 4 nitrogen and oxygen atoms in total. The van der Waals surface area contributed by atoms with E-state index >= 15 is 0 Å². The Balaban J connectivity index is 2.34. The van der Waals surface area contributed by atoms with Gasteiger partial charge < -0.3 is 5.32 Å². The van der Waals surface area contributed by atoms with Crippen molar-refractivity contribution < 1.29 is 12.8 Å². The number of benzene rings is 1. The van der Waals surface area contributed by atoms with Gasteiger partial charge >= 0.3 is 0 Å². The number of sulfonamides is 1. The van der Waals surface area contributed by atoms with Crippen LogP contribution >= 0.6 is 15.9 Å². The molecule has 1 heterocycles. The molecule has 1 aliphatic heterocycles. The van der Waals surface area contributed by atoms with Crippen LogP contribution in [0.25, 0.3) is 0 Å². The average molecular weight is 379 g/mol. The fourth-order valence-electron chi connectivity index (χ4n) is 2.59. The lowest BCUT2D eigenvalue weighted by Crippen LogP contribution is -2.46. The number of halogens is 2. The van der Waals surface area contributed by atoms with Gasteiger partial charge in [-0.3, -0.25) is 0 Å². The second-order valence-corrected chi connectivity index (χ2v) is 7.92. The van der Waals surface area contributed by atoms with Crippen LogP contribution in [0.2, 0.25) is 0 Å². The molecule has 1 fully saturated rings. The number of rotatable bonds is 5. The molecule has 0 spiro atoms. The molecule has 118 valence electrons. The van der Waals surface area contributed by atoms with Crippen molar-refractivity contribution in [2.24, 2.45) is 0 Å². The molecule has 0 aromatic heterocycles. The number of piperidine rings is 1. The Hall–Kier alpha value is -0.500. The second-order valence-electron chi connectivity index (χ2n) is 5.17. The quantitative estimate of drug-likeness (QED) is 0.856. The van der Waals surface area contributed by atoms with E-state index in [-0.39, 0.29) is 15.4 Å². The summed E-state index contributed by atoms with van der Waals surface area (Å²) >= 11 is 3.05. The summed E-state index contributed by atoms with van der Waals surface area (Å²) in [6.45, 7) is 4.04. The molecule has 0 aliphatic carbocycles. The van der Waals surface area contributed by atoms with E-state index in [4.69, 9.17) is 0 Å². The van der Waals surface area contributed by atoms with E-state index in [1.165, 1.54) is 16.4 Å². The van der Waals surface area contributed by atoms with Crippen LogP contribution < -0.4 is 5.32 Å². The van der Waals surface area contributed by atoms with Crippen LogP contribution in [-0.2, 0) is 10.0 Å². The van der Waals surface area contributed by atoms with Gasteiger partial charge in [0.25, 0.3) is 0 Å². The Kier molecular flexibility index (Phi) is 5.76. The molecule has 21 heavy (non-hydrogen) atoms. The monoisotopic (exact) mass is 378 g/mol. The van der Waals surface area contributed by atoms with Crippen molar-refractivity contribution >= 4 is 26.0 Å². The van der Waals surface area contributed by atoms with E-state index in [1.54, 1.807) is 0 Å². The predicted molar refractivity (Wildman–Crippen MR) is 84.2 cm³/mol. The van der Waals surface area contributed by atoms with Crippen LogP contribution in [-0.4, -0.2) is 38.4 Å². The van der Waals surface area contributed by atoms with Crippen molar-refractivity contribution in [1.82, 2.24) is 9.62 Å². The molecule has 0 radical (unpaired) electrons. The van der Waals surface area contributed by atoms with Crippen LogP contribution in [0.3, 0.4) is 0 Å².